The Balaban J connectivity index is 1.50. The molecule has 1 aromatic heterocycles. The predicted molar refractivity (Wildman–Crippen MR) is 125 cm³/mol. The van der Waals surface area contributed by atoms with Gasteiger partial charge in [0.05, 0.1) is 19.3 Å². The topological polar surface area (TPSA) is 103 Å². The Morgan fingerprint density at radius 1 is 1.12 bits per heavy atom. The van der Waals surface area contributed by atoms with E-state index in [1.807, 2.05) is 36.4 Å². The number of hydrogen-bond acceptors (Lipinski definition) is 6. The normalized spacial score (nSPS) is 12.6. The Hall–Kier alpha value is -4.14. The summed E-state index contributed by atoms with van der Waals surface area (Å²) in [5.41, 5.74) is 2.04. The highest BCUT2D eigenvalue weighted by Gasteiger charge is 2.25. The van der Waals surface area contributed by atoms with Gasteiger partial charge in [-0.15, -0.1) is 0 Å². The number of likely N-dealkylation sites (N-methyl/N-ethyl adjacent to an activating group) is 1. The first-order chi connectivity index (χ1) is 16.4. The van der Waals surface area contributed by atoms with Gasteiger partial charge >= 0.3 is 5.97 Å². The highest BCUT2D eigenvalue weighted by molar-refractivity contribution is 5.97. The minimum Gasteiger partial charge on any atom is -0.497 e. The van der Waals surface area contributed by atoms with E-state index < -0.39 is 18.5 Å². The van der Waals surface area contributed by atoms with Crippen molar-refractivity contribution in [2.24, 2.45) is 0 Å². The lowest BCUT2D eigenvalue weighted by molar-refractivity contribution is -0.137. The minimum absolute atomic E-state index is 0.0894. The van der Waals surface area contributed by atoms with E-state index in [0.29, 0.717) is 17.0 Å². The first-order valence-corrected chi connectivity index (χ1v) is 10.9. The van der Waals surface area contributed by atoms with Crippen molar-refractivity contribution in [1.82, 2.24) is 20.0 Å². The lowest BCUT2D eigenvalue weighted by Crippen LogP contribution is -2.40. The van der Waals surface area contributed by atoms with Crippen molar-refractivity contribution in [3.63, 3.8) is 0 Å². The van der Waals surface area contributed by atoms with Crippen LogP contribution in [0.4, 0.5) is 0 Å². The summed E-state index contributed by atoms with van der Waals surface area (Å²) in [6, 6.07) is 16.7. The number of nitrogens with zero attached hydrogens (tertiary/aromatic N) is 3. The molecule has 1 aliphatic carbocycles. The number of carbonyl (C=O) groups is 3. The Morgan fingerprint density at radius 2 is 1.88 bits per heavy atom. The zero-order chi connectivity index (χ0) is 24.1. The predicted octanol–water partition coefficient (Wildman–Crippen LogP) is 2.44. The summed E-state index contributed by atoms with van der Waals surface area (Å²) in [6.07, 6.45) is 3.50. The lowest BCUT2D eigenvalue weighted by atomic mass is 10.1. The standard InChI is InChI=1S/C25H26N4O5/c1-28(15-22(30)26-18-11-12-18)23(31)16-34-25(32)21-14-29(19-8-4-3-5-9-19)27-24(21)17-7-6-10-20(13-17)33-2/h3-10,13-14,18H,11-12,15-16H2,1-2H3,(H,26,30). The van der Waals surface area contributed by atoms with Crippen molar-refractivity contribution in [1.29, 1.82) is 0 Å². The highest BCUT2D eigenvalue weighted by Crippen LogP contribution is 2.27. The van der Waals surface area contributed by atoms with Crippen LogP contribution in [0.15, 0.2) is 60.8 Å². The zero-order valence-corrected chi connectivity index (χ0v) is 19.1. The summed E-state index contributed by atoms with van der Waals surface area (Å²) < 4.78 is 12.2. The van der Waals surface area contributed by atoms with Crippen LogP contribution in [-0.2, 0) is 14.3 Å². The molecule has 1 N–H and O–H groups in total. The van der Waals surface area contributed by atoms with Gasteiger partial charge in [0.15, 0.2) is 6.61 Å². The van der Waals surface area contributed by atoms with Crippen molar-refractivity contribution in [2.45, 2.75) is 18.9 Å². The molecule has 0 spiro atoms. The van der Waals surface area contributed by atoms with E-state index in [9.17, 15) is 14.4 Å². The van der Waals surface area contributed by atoms with Crippen LogP contribution in [0.5, 0.6) is 5.75 Å². The quantitative estimate of drug-likeness (QED) is 0.490. The molecule has 0 unspecified atom stereocenters. The van der Waals surface area contributed by atoms with E-state index in [1.165, 1.54) is 11.9 Å². The first kappa shape index (κ1) is 23.0. The van der Waals surface area contributed by atoms with Crippen LogP contribution in [0.25, 0.3) is 16.9 Å². The fraction of sp³-hybridized carbons (Fsp3) is 0.280. The minimum atomic E-state index is -0.691. The molecule has 4 rings (SSSR count). The molecule has 1 saturated carbocycles. The van der Waals surface area contributed by atoms with Crippen LogP contribution in [-0.4, -0.2) is 65.8 Å². The summed E-state index contributed by atoms with van der Waals surface area (Å²) in [5, 5.41) is 7.42. The van der Waals surface area contributed by atoms with Gasteiger partial charge in [-0.2, -0.15) is 5.10 Å². The molecule has 3 aromatic rings. The molecule has 1 heterocycles. The number of rotatable bonds is 9. The van der Waals surface area contributed by atoms with Crippen molar-refractivity contribution >= 4 is 17.8 Å². The van der Waals surface area contributed by atoms with Crippen LogP contribution in [0.1, 0.15) is 23.2 Å². The van der Waals surface area contributed by atoms with E-state index in [0.717, 1.165) is 18.5 Å². The van der Waals surface area contributed by atoms with Gasteiger partial charge in [0.25, 0.3) is 5.91 Å². The summed E-state index contributed by atoms with van der Waals surface area (Å²) in [5.74, 6) is -0.775. The second kappa shape index (κ2) is 10.2. The van der Waals surface area contributed by atoms with Gasteiger partial charge in [-0.25, -0.2) is 9.48 Å². The van der Waals surface area contributed by atoms with E-state index in [-0.39, 0.29) is 24.1 Å². The maximum Gasteiger partial charge on any atom is 0.342 e. The number of benzene rings is 2. The van der Waals surface area contributed by atoms with Crippen LogP contribution in [0.2, 0.25) is 0 Å². The van der Waals surface area contributed by atoms with Crippen LogP contribution in [0.3, 0.4) is 0 Å². The number of methoxy groups -OCH3 is 1. The van der Waals surface area contributed by atoms with Gasteiger partial charge in [-0.05, 0) is 37.1 Å². The summed E-state index contributed by atoms with van der Waals surface area (Å²) in [4.78, 5) is 38.6. The molecule has 1 fully saturated rings. The molecule has 0 radical (unpaired) electrons. The number of carbonyl (C=O) groups excluding carboxylic acids is 3. The van der Waals surface area contributed by atoms with Gasteiger partial charge in [0.2, 0.25) is 5.91 Å². The van der Waals surface area contributed by atoms with Crippen molar-refractivity contribution in [2.75, 3.05) is 27.3 Å². The van der Waals surface area contributed by atoms with Crippen molar-refractivity contribution in [3.05, 3.63) is 66.4 Å². The molecule has 9 heteroatoms. The number of aromatic nitrogens is 2. The molecule has 0 saturated heterocycles. The SMILES string of the molecule is COc1cccc(-c2nn(-c3ccccc3)cc2C(=O)OCC(=O)N(C)CC(=O)NC2CC2)c1. The highest BCUT2D eigenvalue weighted by atomic mass is 16.5. The molecule has 2 amide bonds. The molecule has 0 bridgehead atoms. The molecule has 0 atom stereocenters. The lowest BCUT2D eigenvalue weighted by Gasteiger charge is -2.16. The molecule has 2 aromatic carbocycles. The molecule has 0 aliphatic heterocycles. The maximum absolute atomic E-state index is 13.0. The monoisotopic (exact) mass is 462 g/mol. The number of para-hydroxylation sites is 1. The van der Waals surface area contributed by atoms with E-state index in [4.69, 9.17) is 9.47 Å². The average molecular weight is 463 g/mol. The Morgan fingerprint density at radius 3 is 2.59 bits per heavy atom. The molecular formula is C25H26N4O5. The first-order valence-electron chi connectivity index (χ1n) is 10.9. The average Bonchev–Trinajstić information content (AvgIpc) is 3.55. The largest absolute Gasteiger partial charge is 0.497 e. The van der Waals surface area contributed by atoms with Gasteiger partial charge < -0.3 is 19.7 Å². The third-order valence-electron chi connectivity index (χ3n) is 5.37. The second-order valence-electron chi connectivity index (χ2n) is 8.07. The van der Waals surface area contributed by atoms with E-state index in [1.54, 1.807) is 36.2 Å². The zero-order valence-electron chi connectivity index (χ0n) is 19.1. The second-order valence-corrected chi connectivity index (χ2v) is 8.07. The fourth-order valence-corrected chi connectivity index (χ4v) is 3.34. The number of esters is 1. The van der Waals surface area contributed by atoms with Crippen molar-refractivity contribution in [3.8, 4) is 22.7 Å². The Bertz CT molecular complexity index is 1190. The van der Waals surface area contributed by atoms with Gasteiger partial charge in [0, 0.05) is 24.8 Å². The van der Waals surface area contributed by atoms with E-state index in [2.05, 4.69) is 10.4 Å². The molecule has 1 aliphatic rings. The third-order valence-corrected chi connectivity index (χ3v) is 5.37. The van der Waals surface area contributed by atoms with Crippen LogP contribution >= 0.6 is 0 Å². The fourth-order valence-electron chi connectivity index (χ4n) is 3.34. The Kier molecular flexibility index (Phi) is 6.91. The van der Waals surface area contributed by atoms with E-state index >= 15 is 0 Å². The van der Waals surface area contributed by atoms with Crippen molar-refractivity contribution < 1.29 is 23.9 Å². The third kappa shape index (κ3) is 5.61. The maximum atomic E-state index is 13.0. The number of amides is 2. The van der Waals surface area contributed by atoms with Gasteiger partial charge in [-0.3, -0.25) is 9.59 Å². The smallest absolute Gasteiger partial charge is 0.342 e. The van der Waals surface area contributed by atoms with Crippen LogP contribution in [0, 0.1) is 0 Å². The summed E-state index contributed by atoms with van der Waals surface area (Å²) >= 11 is 0. The van der Waals surface area contributed by atoms with Crippen LogP contribution < -0.4 is 10.1 Å². The summed E-state index contributed by atoms with van der Waals surface area (Å²) in [7, 11) is 3.06. The molecule has 9 nitrogen and oxygen atoms in total. The number of nitrogens with one attached hydrogen (secondary N) is 1. The van der Waals surface area contributed by atoms with Gasteiger partial charge in [0.1, 0.15) is 17.0 Å². The van der Waals surface area contributed by atoms with Gasteiger partial charge in [-0.1, -0.05) is 30.3 Å². The molecular weight excluding hydrogens is 436 g/mol. The molecule has 176 valence electrons. The summed E-state index contributed by atoms with van der Waals surface area (Å²) in [6.45, 7) is -0.575. The Labute approximate surface area is 197 Å². The molecule has 34 heavy (non-hydrogen) atoms. The number of ether oxygens (including phenoxy) is 2. The number of hydrogen-bond donors (Lipinski definition) is 1.